The first kappa shape index (κ1) is 16.8. The third kappa shape index (κ3) is 3.70. The third-order valence-electron chi connectivity index (χ3n) is 4.28. The molecule has 1 aromatic heterocycles. The zero-order chi connectivity index (χ0) is 17.1. The van der Waals surface area contributed by atoms with Crippen LogP contribution in [0.3, 0.4) is 0 Å². The molecular formula is C20H21BrN2O. The summed E-state index contributed by atoms with van der Waals surface area (Å²) in [6.07, 6.45) is 1.86. The van der Waals surface area contributed by atoms with Crippen molar-refractivity contribution in [3.05, 3.63) is 69.8 Å². The highest BCUT2D eigenvalue weighted by molar-refractivity contribution is 9.10. The van der Waals surface area contributed by atoms with E-state index in [-0.39, 0.29) is 11.9 Å². The first-order valence-electron chi connectivity index (χ1n) is 8.17. The molecule has 2 aromatic carbocycles. The summed E-state index contributed by atoms with van der Waals surface area (Å²) in [5.74, 6) is -0.00624. The van der Waals surface area contributed by atoms with Crippen molar-refractivity contribution in [1.82, 2.24) is 10.3 Å². The van der Waals surface area contributed by atoms with Gasteiger partial charge in [-0.3, -0.25) is 4.79 Å². The average Bonchev–Trinajstić information content (AvgIpc) is 2.90. The molecule has 3 rings (SSSR count). The van der Waals surface area contributed by atoms with Crippen LogP contribution < -0.4 is 5.32 Å². The molecule has 0 spiro atoms. The van der Waals surface area contributed by atoms with Gasteiger partial charge in [0.05, 0.1) is 5.56 Å². The molecule has 1 amide bonds. The topological polar surface area (TPSA) is 44.9 Å². The first-order chi connectivity index (χ1) is 11.5. The molecule has 1 unspecified atom stereocenters. The van der Waals surface area contributed by atoms with Crippen LogP contribution in [0.25, 0.3) is 10.9 Å². The fraction of sp³-hybridized carbons (Fsp3) is 0.250. The Hall–Kier alpha value is -2.07. The van der Waals surface area contributed by atoms with Gasteiger partial charge in [0.25, 0.3) is 5.91 Å². The summed E-state index contributed by atoms with van der Waals surface area (Å²) in [5.41, 5.74) is 3.94. The Bertz CT molecular complexity index is 852. The van der Waals surface area contributed by atoms with Crippen molar-refractivity contribution in [3.8, 4) is 0 Å². The standard InChI is InChI=1S/C20H21BrN2O/c1-13(7-8-15-9-11-16(21)12-10-15)22-20(24)19-14(2)23-18-6-4-3-5-17(18)19/h3-6,9-13,23H,7-8H2,1-2H3,(H,22,24). The van der Waals surface area contributed by atoms with Crippen LogP contribution in [-0.4, -0.2) is 16.9 Å². The molecule has 0 aliphatic heterocycles. The summed E-state index contributed by atoms with van der Waals surface area (Å²) >= 11 is 3.45. The molecule has 0 aliphatic carbocycles. The third-order valence-corrected chi connectivity index (χ3v) is 4.81. The second kappa shape index (κ2) is 7.22. The van der Waals surface area contributed by atoms with Crippen LogP contribution in [-0.2, 0) is 6.42 Å². The zero-order valence-electron chi connectivity index (χ0n) is 13.9. The van der Waals surface area contributed by atoms with Gasteiger partial charge in [-0.2, -0.15) is 0 Å². The molecular weight excluding hydrogens is 364 g/mol. The predicted octanol–water partition coefficient (Wildman–Crippen LogP) is 4.99. The predicted molar refractivity (Wildman–Crippen MR) is 102 cm³/mol. The van der Waals surface area contributed by atoms with Gasteiger partial charge in [0.1, 0.15) is 0 Å². The minimum atomic E-state index is -0.00624. The quantitative estimate of drug-likeness (QED) is 0.639. The number of fused-ring (bicyclic) bond motifs is 1. The molecule has 1 atom stereocenters. The Morgan fingerprint density at radius 2 is 1.88 bits per heavy atom. The lowest BCUT2D eigenvalue weighted by Crippen LogP contribution is -2.33. The lowest BCUT2D eigenvalue weighted by atomic mass is 10.1. The van der Waals surface area contributed by atoms with Gasteiger partial charge in [-0.15, -0.1) is 0 Å². The number of halogens is 1. The largest absolute Gasteiger partial charge is 0.358 e. The number of hydrogen-bond donors (Lipinski definition) is 2. The lowest BCUT2D eigenvalue weighted by Gasteiger charge is -2.14. The van der Waals surface area contributed by atoms with Gasteiger partial charge >= 0.3 is 0 Å². The van der Waals surface area contributed by atoms with E-state index in [4.69, 9.17) is 0 Å². The van der Waals surface area contributed by atoms with E-state index < -0.39 is 0 Å². The average molecular weight is 385 g/mol. The van der Waals surface area contributed by atoms with Crippen molar-refractivity contribution in [2.24, 2.45) is 0 Å². The Morgan fingerprint density at radius 1 is 1.17 bits per heavy atom. The minimum Gasteiger partial charge on any atom is -0.358 e. The molecule has 0 fully saturated rings. The van der Waals surface area contributed by atoms with E-state index in [2.05, 4.69) is 45.3 Å². The first-order valence-corrected chi connectivity index (χ1v) is 8.96. The number of para-hydroxylation sites is 1. The Kier molecular flexibility index (Phi) is 5.05. The Labute approximate surface area is 150 Å². The number of aromatic amines is 1. The summed E-state index contributed by atoms with van der Waals surface area (Å²) in [6, 6.07) is 16.4. The highest BCUT2D eigenvalue weighted by Crippen LogP contribution is 2.22. The van der Waals surface area contributed by atoms with Crippen LogP contribution in [0, 0.1) is 6.92 Å². The molecule has 0 saturated heterocycles. The molecule has 124 valence electrons. The number of carbonyl (C=O) groups is 1. The fourth-order valence-corrected chi connectivity index (χ4v) is 3.24. The normalized spacial score (nSPS) is 12.3. The van der Waals surface area contributed by atoms with E-state index in [9.17, 15) is 4.79 Å². The van der Waals surface area contributed by atoms with Crippen LogP contribution in [0.4, 0.5) is 0 Å². The zero-order valence-corrected chi connectivity index (χ0v) is 15.5. The van der Waals surface area contributed by atoms with Gasteiger partial charge < -0.3 is 10.3 Å². The number of aromatic nitrogens is 1. The molecule has 2 N–H and O–H groups in total. The highest BCUT2D eigenvalue weighted by Gasteiger charge is 2.17. The number of nitrogens with one attached hydrogen (secondary N) is 2. The highest BCUT2D eigenvalue weighted by atomic mass is 79.9. The van der Waals surface area contributed by atoms with Gasteiger partial charge in [0.15, 0.2) is 0 Å². The van der Waals surface area contributed by atoms with Crippen LogP contribution in [0.15, 0.2) is 53.0 Å². The van der Waals surface area contributed by atoms with Gasteiger partial charge in [-0.05, 0) is 50.5 Å². The smallest absolute Gasteiger partial charge is 0.253 e. The second-order valence-corrected chi connectivity index (χ2v) is 7.13. The Balaban J connectivity index is 1.65. The SMILES string of the molecule is Cc1[nH]c2ccccc2c1C(=O)NC(C)CCc1ccc(Br)cc1. The number of H-pyrrole nitrogens is 1. The summed E-state index contributed by atoms with van der Waals surface area (Å²) in [6.45, 7) is 4.00. The van der Waals surface area contributed by atoms with Gasteiger partial charge in [-0.25, -0.2) is 0 Å². The molecule has 0 aliphatic rings. The number of hydrogen-bond acceptors (Lipinski definition) is 1. The number of carbonyl (C=O) groups excluding carboxylic acids is 1. The van der Waals surface area contributed by atoms with Gasteiger partial charge in [0.2, 0.25) is 0 Å². The van der Waals surface area contributed by atoms with Crippen LogP contribution in [0.2, 0.25) is 0 Å². The molecule has 24 heavy (non-hydrogen) atoms. The van der Waals surface area contributed by atoms with Crippen LogP contribution in [0.5, 0.6) is 0 Å². The Morgan fingerprint density at radius 3 is 2.62 bits per heavy atom. The summed E-state index contributed by atoms with van der Waals surface area (Å²) in [5, 5.41) is 4.11. The summed E-state index contributed by atoms with van der Waals surface area (Å²) in [7, 11) is 0. The van der Waals surface area contributed by atoms with Crippen molar-refractivity contribution in [1.29, 1.82) is 0 Å². The van der Waals surface area contributed by atoms with Crippen molar-refractivity contribution < 1.29 is 4.79 Å². The van der Waals surface area contributed by atoms with E-state index in [1.165, 1.54) is 5.56 Å². The van der Waals surface area contributed by atoms with Crippen molar-refractivity contribution in [2.45, 2.75) is 32.7 Å². The van der Waals surface area contributed by atoms with Crippen LogP contribution >= 0.6 is 15.9 Å². The lowest BCUT2D eigenvalue weighted by molar-refractivity contribution is 0.0939. The van der Waals surface area contributed by atoms with Crippen LogP contribution in [0.1, 0.15) is 35.0 Å². The van der Waals surface area contributed by atoms with E-state index in [1.807, 2.05) is 43.3 Å². The molecule has 4 heteroatoms. The van der Waals surface area contributed by atoms with Crippen molar-refractivity contribution >= 4 is 32.7 Å². The fourth-order valence-electron chi connectivity index (χ4n) is 2.97. The molecule has 3 nitrogen and oxygen atoms in total. The van der Waals surface area contributed by atoms with E-state index >= 15 is 0 Å². The van der Waals surface area contributed by atoms with Crippen molar-refractivity contribution in [3.63, 3.8) is 0 Å². The molecule has 3 aromatic rings. The molecule has 0 bridgehead atoms. The van der Waals surface area contributed by atoms with Crippen molar-refractivity contribution in [2.75, 3.05) is 0 Å². The number of rotatable bonds is 5. The number of amides is 1. The molecule has 0 radical (unpaired) electrons. The summed E-state index contributed by atoms with van der Waals surface area (Å²) in [4.78, 5) is 15.9. The van der Waals surface area contributed by atoms with E-state index in [0.29, 0.717) is 0 Å². The maximum atomic E-state index is 12.7. The minimum absolute atomic E-state index is 0.00624. The number of benzene rings is 2. The van der Waals surface area contributed by atoms with Gasteiger partial charge in [-0.1, -0.05) is 46.3 Å². The second-order valence-electron chi connectivity index (χ2n) is 6.21. The van der Waals surface area contributed by atoms with E-state index in [0.717, 1.165) is 39.5 Å². The van der Waals surface area contributed by atoms with Gasteiger partial charge in [0, 0.05) is 27.1 Å². The number of aryl methyl sites for hydroxylation is 2. The maximum Gasteiger partial charge on any atom is 0.253 e. The monoisotopic (exact) mass is 384 g/mol. The summed E-state index contributed by atoms with van der Waals surface area (Å²) < 4.78 is 1.09. The van der Waals surface area contributed by atoms with E-state index in [1.54, 1.807) is 0 Å². The maximum absolute atomic E-state index is 12.7. The molecule has 0 saturated carbocycles. The molecule has 1 heterocycles.